The fourth-order valence-electron chi connectivity index (χ4n) is 2.60. The second-order valence-corrected chi connectivity index (χ2v) is 4.78. The predicted octanol–water partition coefficient (Wildman–Crippen LogP) is 3.44. The zero-order valence-electron chi connectivity index (χ0n) is 10.1. The van der Waals surface area contributed by atoms with Crippen molar-refractivity contribution < 1.29 is 4.79 Å². The molecule has 0 aliphatic heterocycles. The average molecular weight is 222 g/mol. The van der Waals surface area contributed by atoms with Crippen LogP contribution in [0.15, 0.2) is 36.4 Å². The van der Waals surface area contributed by atoms with Crippen LogP contribution in [-0.4, -0.2) is 5.78 Å². The first-order chi connectivity index (χ1) is 8.16. The molecule has 0 N–H and O–H groups in total. The zero-order valence-corrected chi connectivity index (χ0v) is 10.1. The maximum atomic E-state index is 12.5. The Morgan fingerprint density at radius 1 is 1.00 bits per heavy atom. The van der Waals surface area contributed by atoms with E-state index in [9.17, 15) is 4.79 Å². The van der Waals surface area contributed by atoms with Gasteiger partial charge in [0.2, 0.25) is 0 Å². The third kappa shape index (κ3) is 1.50. The minimum absolute atomic E-state index is 0.183. The molecule has 1 aliphatic carbocycles. The number of rotatable bonds is 0. The zero-order chi connectivity index (χ0) is 12.0. The Bertz CT molecular complexity index is 623. The van der Waals surface area contributed by atoms with E-state index in [1.165, 1.54) is 0 Å². The molecule has 0 amide bonds. The summed E-state index contributed by atoms with van der Waals surface area (Å²) in [5, 5.41) is 0. The van der Waals surface area contributed by atoms with Crippen molar-refractivity contribution in [3.63, 3.8) is 0 Å². The highest BCUT2D eigenvalue weighted by atomic mass is 16.1. The fourth-order valence-corrected chi connectivity index (χ4v) is 2.60. The van der Waals surface area contributed by atoms with E-state index in [1.54, 1.807) is 0 Å². The molecule has 2 aromatic rings. The number of benzene rings is 2. The molecule has 2 aromatic carbocycles. The summed E-state index contributed by atoms with van der Waals surface area (Å²) in [4.78, 5) is 12.5. The smallest absolute Gasteiger partial charge is 0.193 e. The molecule has 0 saturated heterocycles. The van der Waals surface area contributed by atoms with Crippen LogP contribution < -0.4 is 0 Å². The lowest BCUT2D eigenvalue weighted by atomic mass is 9.82. The highest BCUT2D eigenvalue weighted by Gasteiger charge is 2.24. The maximum Gasteiger partial charge on any atom is 0.193 e. The van der Waals surface area contributed by atoms with Gasteiger partial charge < -0.3 is 0 Å². The molecule has 84 valence electrons. The molecule has 0 radical (unpaired) electrons. The largest absolute Gasteiger partial charge is 0.289 e. The monoisotopic (exact) mass is 222 g/mol. The van der Waals surface area contributed by atoms with Gasteiger partial charge in [-0.15, -0.1) is 0 Å². The molecule has 0 heterocycles. The van der Waals surface area contributed by atoms with Crippen molar-refractivity contribution in [3.05, 3.63) is 69.8 Å². The summed E-state index contributed by atoms with van der Waals surface area (Å²) >= 11 is 0. The molecule has 1 heteroatoms. The summed E-state index contributed by atoms with van der Waals surface area (Å²) in [7, 11) is 0. The highest BCUT2D eigenvalue weighted by Crippen LogP contribution is 2.29. The van der Waals surface area contributed by atoms with Crippen LogP contribution in [0.4, 0.5) is 0 Å². The van der Waals surface area contributed by atoms with E-state index in [-0.39, 0.29) is 5.78 Å². The second kappa shape index (κ2) is 3.56. The number of carbonyl (C=O) groups is 1. The van der Waals surface area contributed by atoms with Crippen LogP contribution in [0, 0.1) is 13.8 Å². The Morgan fingerprint density at radius 2 is 1.82 bits per heavy atom. The molecule has 1 nitrogen and oxygen atoms in total. The Kier molecular flexibility index (Phi) is 2.15. The summed E-state index contributed by atoms with van der Waals surface area (Å²) in [6, 6.07) is 12.3. The molecule has 3 rings (SSSR count). The summed E-state index contributed by atoms with van der Waals surface area (Å²) < 4.78 is 0. The van der Waals surface area contributed by atoms with Gasteiger partial charge in [0.25, 0.3) is 0 Å². The lowest BCUT2D eigenvalue weighted by Gasteiger charge is -2.20. The number of aryl methyl sites for hydroxylation is 2. The highest BCUT2D eigenvalue weighted by molar-refractivity contribution is 6.13. The fraction of sp³-hybridized carbons (Fsp3) is 0.188. The normalized spacial score (nSPS) is 13.2. The Hall–Kier alpha value is -1.89. The van der Waals surface area contributed by atoms with Gasteiger partial charge in [-0.25, -0.2) is 0 Å². The first-order valence-electron chi connectivity index (χ1n) is 5.89. The lowest BCUT2D eigenvalue weighted by Crippen LogP contribution is -2.16. The van der Waals surface area contributed by atoms with E-state index in [0.717, 1.165) is 39.8 Å². The third-order valence-corrected chi connectivity index (χ3v) is 3.48. The predicted molar refractivity (Wildman–Crippen MR) is 68.6 cm³/mol. The summed E-state index contributed by atoms with van der Waals surface area (Å²) in [6.07, 6.45) is 0.873. The molecule has 0 atom stereocenters. The van der Waals surface area contributed by atoms with Gasteiger partial charge in [-0.1, -0.05) is 35.9 Å². The van der Waals surface area contributed by atoms with Crippen molar-refractivity contribution >= 4 is 5.78 Å². The van der Waals surface area contributed by atoms with E-state index < -0.39 is 0 Å². The van der Waals surface area contributed by atoms with Crippen LogP contribution in [-0.2, 0) is 6.42 Å². The SMILES string of the molecule is Cc1ccc2c(c1)C(=O)c1c(C)cccc1C2. The Balaban J connectivity index is 2.25. The standard InChI is InChI=1S/C16H14O/c1-10-6-7-12-9-13-5-3-4-11(2)15(13)16(17)14(12)8-10/h3-8H,9H2,1-2H3. The summed E-state index contributed by atoms with van der Waals surface area (Å²) in [6.45, 7) is 4.04. The van der Waals surface area contributed by atoms with Crippen molar-refractivity contribution in [3.8, 4) is 0 Å². The minimum Gasteiger partial charge on any atom is -0.289 e. The second-order valence-electron chi connectivity index (χ2n) is 4.78. The van der Waals surface area contributed by atoms with Crippen LogP contribution in [0.5, 0.6) is 0 Å². The van der Waals surface area contributed by atoms with E-state index in [4.69, 9.17) is 0 Å². The molecule has 0 fully saturated rings. The molecule has 17 heavy (non-hydrogen) atoms. The molecular formula is C16H14O. The van der Waals surface area contributed by atoms with E-state index in [2.05, 4.69) is 18.2 Å². The molecule has 1 aliphatic rings. The Labute approximate surface area is 101 Å². The quantitative estimate of drug-likeness (QED) is 0.569. The van der Waals surface area contributed by atoms with Crippen molar-refractivity contribution in [2.24, 2.45) is 0 Å². The van der Waals surface area contributed by atoms with Gasteiger partial charge in [0.15, 0.2) is 5.78 Å². The van der Waals surface area contributed by atoms with Gasteiger partial charge >= 0.3 is 0 Å². The number of hydrogen-bond donors (Lipinski definition) is 0. The number of fused-ring (bicyclic) bond motifs is 2. The third-order valence-electron chi connectivity index (χ3n) is 3.48. The van der Waals surface area contributed by atoms with Gasteiger partial charge in [-0.05, 0) is 43.0 Å². The minimum atomic E-state index is 0.183. The molecule has 0 bridgehead atoms. The van der Waals surface area contributed by atoms with Crippen molar-refractivity contribution in [1.29, 1.82) is 0 Å². The molecule has 0 spiro atoms. The topological polar surface area (TPSA) is 17.1 Å². The van der Waals surface area contributed by atoms with Crippen LogP contribution >= 0.6 is 0 Å². The Morgan fingerprint density at radius 3 is 2.65 bits per heavy atom. The molecule has 0 aromatic heterocycles. The maximum absolute atomic E-state index is 12.5. The molecular weight excluding hydrogens is 208 g/mol. The van der Waals surface area contributed by atoms with Gasteiger partial charge in [-0.3, -0.25) is 4.79 Å². The van der Waals surface area contributed by atoms with Crippen LogP contribution in [0.25, 0.3) is 0 Å². The van der Waals surface area contributed by atoms with Crippen molar-refractivity contribution in [1.82, 2.24) is 0 Å². The van der Waals surface area contributed by atoms with Gasteiger partial charge in [0.1, 0.15) is 0 Å². The van der Waals surface area contributed by atoms with Crippen LogP contribution in [0.3, 0.4) is 0 Å². The number of carbonyl (C=O) groups excluding carboxylic acids is 1. The molecule has 0 saturated carbocycles. The molecule has 0 unspecified atom stereocenters. The van der Waals surface area contributed by atoms with Crippen LogP contribution in [0.1, 0.15) is 38.2 Å². The van der Waals surface area contributed by atoms with Crippen molar-refractivity contribution in [2.45, 2.75) is 20.3 Å². The number of hydrogen-bond acceptors (Lipinski definition) is 1. The average Bonchev–Trinajstić information content (AvgIpc) is 2.30. The first-order valence-corrected chi connectivity index (χ1v) is 5.89. The van der Waals surface area contributed by atoms with Crippen LogP contribution in [0.2, 0.25) is 0 Å². The lowest BCUT2D eigenvalue weighted by molar-refractivity contribution is 0.103. The van der Waals surface area contributed by atoms with Gasteiger partial charge in [0.05, 0.1) is 0 Å². The summed E-state index contributed by atoms with van der Waals surface area (Å²) in [5.41, 5.74) is 6.33. The van der Waals surface area contributed by atoms with Gasteiger partial charge in [0, 0.05) is 11.1 Å². The summed E-state index contributed by atoms with van der Waals surface area (Å²) in [5.74, 6) is 0.183. The van der Waals surface area contributed by atoms with Crippen molar-refractivity contribution in [2.75, 3.05) is 0 Å². The number of ketones is 1. The first kappa shape index (κ1) is 10.3. The van der Waals surface area contributed by atoms with E-state index in [1.807, 2.05) is 32.0 Å². The van der Waals surface area contributed by atoms with Gasteiger partial charge in [-0.2, -0.15) is 0 Å². The van der Waals surface area contributed by atoms with E-state index in [0.29, 0.717) is 0 Å². The van der Waals surface area contributed by atoms with E-state index >= 15 is 0 Å².